The molecule has 102 valence electrons. The van der Waals surface area contributed by atoms with E-state index in [1.165, 1.54) is 22.4 Å². The fourth-order valence-corrected chi connectivity index (χ4v) is 2.66. The Hall–Kier alpha value is -0.240. The van der Waals surface area contributed by atoms with Crippen LogP contribution in [0.5, 0.6) is 0 Å². The highest BCUT2D eigenvalue weighted by Crippen LogP contribution is 2.18. The maximum absolute atomic E-state index is 5.82. The topological polar surface area (TPSA) is 4.44 Å². The molecule has 1 aromatic carbocycles. The van der Waals surface area contributed by atoms with Crippen LogP contribution >= 0.6 is 23.2 Å². The van der Waals surface area contributed by atoms with E-state index in [9.17, 15) is 0 Å². The minimum Gasteiger partial charge on any atom is -0.333 e. The third-order valence-electron chi connectivity index (χ3n) is 3.47. The zero-order chi connectivity index (χ0) is 13.4. The molecule has 0 fully saturated rings. The van der Waals surface area contributed by atoms with Crippen LogP contribution < -0.4 is 4.90 Å². The molecular formula is C15H24Cl2N+. The number of halogens is 2. The largest absolute Gasteiger partial charge is 0.333 e. The average molecular weight is 289 g/mol. The van der Waals surface area contributed by atoms with Gasteiger partial charge in [-0.1, -0.05) is 36.8 Å². The Morgan fingerprint density at radius 2 is 1.56 bits per heavy atom. The number of rotatable bonds is 8. The highest BCUT2D eigenvalue weighted by Gasteiger charge is 2.11. The summed E-state index contributed by atoms with van der Waals surface area (Å²) in [6.45, 7) is 7.59. The van der Waals surface area contributed by atoms with Crippen LogP contribution in [0.3, 0.4) is 0 Å². The van der Waals surface area contributed by atoms with Crippen molar-refractivity contribution in [2.75, 3.05) is 31.4 Å². The molecule has 0 aliphatic carbocycles. The van der Waals surface area contributed by atoms with E-state index in [1.807, 2.05) is 0 Å². The normalized spacial score (nSPS) is 12.9. The van der Waals surface area contributed by atoms with Crippen LogP contribution in [0.4, 0.5) is 0 Å². The van der Waals surface area contributed by atoms with Crippen LogP contribution in [0.1, 0.15) is 30.4 Å². The monoisotopic (exact) mass is 288 g/mol. The average Bonchev–Trinajstić information content (AvgIpc) is 2.37. The summed E-state index contributed by atoms with van der Waals surface area (Å²) in [5.41, 5.74) is 2.75. The number of aryl methyl sites for hydroxylation is 1. The quantitative estimate of drug-likeness (QED) is 0.702. The van der Waals surface area contributed by atoms with Crippen LogP contribution in [0.15, 0.2) is 24.3 Å². The SMILES string of the molecule is Cc1ccc([C@@H](C)CC[NH+](CCCl)CCCl)cc1. The van der Waals surface area contributed by atoms with Gasteiger partial charge in [-0.25, -0.2) is 0 Å². The summed E-state index contributed by atoms with van der Waals surface area (Å²) in [6, 6.07) is 8.85. The number of alkyl halides is 2. The first-order valence-electron chi connectivity index (χ1n) is 6.69. The lowest BCUT2D eigenvalue weighted by Crippen LogP contribution is -3.12. The van der Waals surface area contributed by atoms with Gasteiger partial charge < -0.3 is 4.90 Å². The highest BCUT2D eigenvalue weighted by molar-refractivity contribution is 6.18. The zero-order valence-electron chi connectivity index (χ0n) is 11.4. The minimum absolute atomic E-state index is 0.603. The molecule has 0 aliphatic heterocycles. The van der Waals surface area contributed by atoms with Gasteiger partial charge in [0.1, 0.15) is 0 Å². The van der Waals surface area contributed by atoms with Gasteiger partial charge in [0, 0.05) is 6.42 Å². The fourth-order valence-electron chi connectivity index (χ4n) is 2.12. The summed E-state index contributed by atoms with van der Waals surface area (Å²) >= 11 is 11.6. The van der Waals surface area contributed by atoms with Gasteiger partial charge >= 0.3 is 0 Å². The van der Waals surface area contributed by atoms with E-state index >= 15 is 0 Å². The molecule has 3 heteroatoms. The Labute approximate surface area is 121 Å². The Balaban J connectivity index is 2.43. The van der Waals surface area contributed by atoms with E-state index in [0.717, 1.165) is 19.6 Å². The van der Waals surface area contributed by atoms with Crippen molar-refractivity contribution in [3.8, 4) is 0 Å². The molecule has 1 aromatic rings. The summed E-state index contributed by atoms with van der Waals surface area (Å²) in [5.74, 6) is 2.03. The second kappa shape index (κ2) is 8.79. The zero-order valence-corrected chi connectivity index (χ0v) is 12.9. The van der Waals surface area contributed by atoms with Gasteiger partial charge in [0.15, 0.2) is 0 Å². The third-order valence-corrected chi connectivity index (χ3v) is 3.85. The third kappa shape index (κ3) is 5.60. The van der Waals surface area contributed by atoms with Crippen LogP contribution in [0.25, 0.3) is 0 Å². The lowest BCUT2D eigenvalue weighted by atomic mass is 9.97. The highest BCUT2D eigenvalue weighted by atomic mass is 35.5. The Morgan fingerprint density at radius 3 is 2.06 bits per heavy atom. The maximum atomic E-state index is 5.82. The molecule has 0 heterocycles. The lowest BCUT2D eigenvalue weighted by Gasteiger charge is -2.20. The molecule has 18 heavy (non-hydrogen) atoms. The van der Waals surface area contributed by atoms with Crippen molar-refractivity contribution in [3.05, 3.63) is 35.4 Å². The van der Waals surface area contributed by atoms with Gasteiger partial charge in [-0.15, -0.1) is 23.2 Å². The molecule has 0 unspecified atom stereocenters. The van der Waals surface area contributed by atoms with Crippen molar-refractivity contribution in [2.24, 2.45) is 0 Å². The van der Waals surface area contributed by atoms with E-state index in [2.05, 4.69) is 38.1 Å². The van der Waals surface area contributed by atoms with E-state index in [-0.39, 0.29) is 0 Å². The lowest BCUT2D eigenvalue weighted by molar-refractivity contribution is -0.895. The van der Waals surface area contributed by atoms with Gasteiger partial charge in [-0.05, 0) is 18.4 Å². The molecule has 1 N–H and O–H groups in total. The van der Waals surface area contributed by atoms with Crippen LogP contribution in [0, 0.1) is 6.92 Å². The number of benzene rings is 1. The molecular weight excluding hydrogens is 265 g/mol. The second-order valence-corrected chi connectivity index (χ2v) is 5.73. The first kappa shape index (κ1) is 15.8. The van der Waals surface area contributed by atoms with Crippen LogP contribution in [-0.2, 0) is 0 Å². The van der Waals surface area contributed by atoms with Gasteiger partial charge in [-0.3, -0.25) is 0 Å². The number of nitrogens with one attached hydrogen (secondary N) is 1. The summed E-state index contributed by atoms with van der Waals surface area (Å²) in [4.78, 5) is 1.51. The molecule has 0 aliphatic rings. The van der Waals surface area contributed by atoms with Crippen molar-refractivity contribution in [1.29, 1.82) is 0 Å². The fraction of sp³-hybridized carbons (Fsp3) is 0.600. The molecule has 1 nitrogen and oxygen atoms in total. The molecule has 0 radical (unpaired) electrons. The molecule has 0 spiro atoms. The first-order valence-corrected chi connectivity index (χ1v) is 7.76. The van der Waals surface area contributed by atoms with E-state index in [1.54, 1.807) is 0 Å². The van der Waals surface area contributed by atoms with Crippen LogP contribution in [0.2, 0.25) is 0 Å². The van der Waals surface area contributed by atoms with Crippen molar-refractivity contribution in [2.45, 2.75) is 26.2 Å². The van der Waals surface area contributed by atoms with Gasteiger partial charge in [0.25, 0.3) is 0 Å². The van der Waals surface area contributed by atoms with Crippen molar-refractivity contribution in [1.82, 2.24) is 0 Å². The summed E-state index contributed by atoms with van der Waals surface area (Å²) in [5, 5.41) is 0. The predicted molar refractivity (Wildman–Crippen MR) is 81.2 cm³/mol. The van der Waals surface area contributed by atoms with Gasteiger partial charge in [0.2, 0.25) is 0 Å². The van der Waals surface area contributed by atoms with Crippen molar-refractivity contribution in [3.63, 3.8) is 0 Å². The Morgan fingerprint density at radius 1 is 1.00 bits per heavy atom. The van der Waals surface area contributed by atoms with Gasteiger partial charge in [0.05, 0.1) is 31.4 Å². The number of hydrogen-bond acceptors (Lipinski definition) is 0. The van der Waals surface area contributed by atoms with E-state index in [0.29, 0.717) is 17.7 Å². The van der Waals surface area contributed by atoms with E-state index in [4.69, 9.17) is 23.2 Å². The molecule has 0 saturated carbocycles. The molecule has 0 aromatic heterocycles. The van der Waals surface area contributed by atoms with Crippen molar-refractivity contribution >= 4 is 23.2 Å². The summed E-state index contributed by atoms with van der Waals surface area (Å²) in [6.07, 6.45) is 1.19. The summed E-state index contributed by atoms with van der Waals surface area (Å²) in [7, 11) is 0. The molecule has 0 bridgehead atoms. The second-order valence-electron chi connectivity index (χ2n) is 4.98. The number of hydrogen-bond donors (Lipinski definition) is 1. The van der Waals surface area contributed by atoms with E-state index < -0.39 is 0 Å². The van der Waals surface area contributed by atoms with Gasteiger partial charge in [-0.2, -0.15) is 0 Å². The smallest absolute Gasteiger partial charge is 0.0908 e. The summed E-state index contributed by atoms with van der Waals surface area (Å²) < 4.78 is 0. The standard InChI is InChI=1S/C15H23Cl2N/c1-13-3-5-15(6-4-13)14(2)7-10-18(11-8-16)12-9-17/h3-6,14H,7-12H2,1-2H3/p+1/t14-/m0/s1. The van der Waals surface area contributed by atoms with Crippen LogP contribution in [-0.4, -0.2) is 31.4 Å². The molecule has 1 rings (SSSR count). The number of quaternary nitrogens is 1. The Kier molecular flexibility index (Phi) is 7.73. The minimum atomic E-state index is 0.603. The Bertz CT molecular complexity index is 318. The van der Waals surface area contributed by atoms with Crippen molar-refractivity contribution < 1.29 is 4.90 Å². The molecule has 1 atom stereocenters. The molecule has 0 amide bonds. The first-order chi connectivity index (χ1) is 8.67. The molecule has 0 saturated heterocycles. The predicted octanol–water partition coefficient (Wildman–Crippen LogP) is 2.85. The maximum Gasteiger partial charge on any atom is 0.0908 e.